The summed E-state index contributed by atoms with van der Waals surface area (Å²) >= 11 is 3.71. The van der Waals surface area contributed by atoms with Crippen LogP contribution in [0, 0.1) is 18.1 Å². The van der Waals surface area contributed by atoms with Gasteiger partial charge in [-0.05, 0) is 74.0 Å². The molecule has 3 aromatic heterocycles. The van der Waals surface area contributed by atoms with Crippen molar-refractivity contribution in [2.45, 2.75) is 54.1 Å². The number of allylic oxidation sites excluding steroid dienone is 1. The first-order valence-electron chi connectivity index (χ1n) is 13.6. The smallest absolute Gasteiger partial charge is 0.221 e. The van der Waals surface area contributed by atoms with Gasteiger partial charge in [-0.25, -0.2) is 9.13 Å². The summed E-state index contributed by atoms with van der Waals surface area (Å²) in [6, 6.07) is 2.03. The average Bonchev–Trinajstić information content (AvgIpc) is 3.47. The summed E-state index contributed by atoms with van der Waals surface area (Å²) in [5, 5.41) is 16.3. The van der Waals surface area contributed by atoms with E-state index in [1.54, 1.807) is 11.6 Å². The van der Waals surface area contributed by atoms with E-state index in [9.17, 15) is 4.79 Å². The molecule has 3 aromatic rings. The van der Waals surface area contributed by atoms with E-state index in [4.69, 9.17) is 20.2 Å². The van der Waals surface area contributed by atoms with Gasteiger partial charge in [-0.1, -0.05) is 40.1 Å². The number of halogens is 1. The molecule has 0 fully saturated rings. The van der Waals surface area contributed by atoms with Crippen LogP contribution in [0.2, 0.25) is 0 Å². The number of ether oxygens (including phenoxy) is 2. The van der Waals surface area contributed by atoms with Crippen molar-refractivity contribution in [3.63, 3.8) is 0 Å². The molecule has 0 aliphatic rings. The van der Waals surface area contributed by atoms with Crippen molar-refractivity contribution < 1.29 is 14.3 Å². The van der Waals surface area contributed by atoms with Gasteiger partial charge in [-0.15, -0.1) is 0 Å². The second-order valence-electron chi connectivity index (χ2n) is 9.01. The van der Waals surface area contributed by atoms with E-state index in [2.05, 4.69) is 76.0 Å². The SMILES string of the molecule is CCC.CCO/C(N)=C(\C)C(C=O)=NC.CNCC(C)Oc1c(-c2cc3c(C#CSP)nn(PI)c3cn2)c(C)nn1C.[Tl]. The van der Waals surface area contributed by atoms with Gasteiger partial charge in [0, 0.05) is 58.9 Å². The molecule has 239 valence electrons. The zero-order chi connectivity index (χ0) is 32.5. The molecule has 0 bridgehead atoms. The van der Waals surface area contributed by atoms with Crippen LogP contribution in [0.25, 0.3) is 22.2 Å². The second kappa shape index (κ2) is 23.1. The topological polar surface area (TPSA) is 134 Å². The van der Waals surface area contributed by atoms with Crippen LogP contribution >= 0.6 is 48.2 Å². The summed E-state index contributed by atoms with van der Waals surface area (Å²) < 4.78 is 14.9. The molecule has 0 aliphatic heterocycles. The molecule has 0 saturated carbocycles. The number of fused-ring (bicyclic) bond motifs is 1. The van der Waals surface area contributed by atoms with Crippen LogP contribution in [-0.4, -0.2) is 97.0 Å². The van der Waals surface area contributed by atoms with Gasteiger partial charge < -0.3 is 20.5 Å². The van der Waals surface area contributed by atoms with Gasteiger partial charge in [0.1, 0.15) is 17.5 Å². The fourth-order valence-corrected chi connectivity index (χ4v) is 5.51. The van der Waals surface area contributed by atoms with Gasteiger partial charge >= 0.3 is 0 Å². The van der Waals surface area contributed by atoms with E-state index in [0.29, 0.717) is 36.4 Å². The number of pyridine rings is 1. The second-order valence-corrected chi connectivity index (χ2v) is 12.2. The Morgan fingerprint density at radius 2 is 2.02 bits per heavy atom. The number of likely N-dealkylation sites (N-methyl/N-ethyl adjacent to an activating group) is 1. The maximum atomic E-state index is 10.4. The third-order valence-corrected chi connectivity index (χ3v) is 7.96. The van der Waals surface area contributed by atoms with E-state index in [1.165, 1.54) is 24.9 Å². The summed E-state index contributed by atoms with van der Waals surface area (Å²) in [4.78, 5) is 18.9. The number of hydrogen-bond acceptors (Lipinski definition) is 10. The summed E-state index contributed by atoms with van der Waals surface area (Å²) in [6.45, 7) is 13.0. The van der Waals surface area contributed by atoms with Gasteiger partial charge in [0.2, 0.25) is 5.88 Å². The molecule has 11 nitrogen and oxygen atoms in total. The van der Waals surface area contributed by atoms with Crippen molar-refractivity contribution in [2.24, 2.45) is 17.8 Å². The Morgan fingerprint density at radius 1 is 1.36 bits per heavy atom. The number of carbonyl (C=O) groups is 1. The van der Waals surface area contributed by atoms with Crippen molar-refractivity contribution in [1.29, 1.82) is 0 Å². The number of rotatable bonds is 10. The molecule has 3 rings (SSSR count). The van der Waals surface area contributed by atoms with Crippen LogP contribution < -0.4 is 15.8 Å². The fraction of sp³-hybridized carbons (Fsp3) is 0.464. The molecule has 0 spiro atoms. The maximum Gasteiger partial charge on any atom is 0.221 e. The molecule has 0 aliphatic carbocycles. The van der Waals surface area contributed by atoms with Gasteiger partial charge in [-0.2, -0.15) is 10.2 Å². The van der Waals surface area contributed by atoms with Crippen LogP contribution in [0.1, 0.15) is 52.4 Å². The Hall–Kier alpha value is -1.31. The molecule has 3 atom stereocenters. The number of nitrogens with one attached hydrogen (secondary N) is 1. The molecule has 3 N–H and O–H groups in total. The largest absolute Gasteiger partial charge is 0.479 e. The van der Waals surface area contributed by atoms with Gasteiger partial charge in [-0.3, -0.25) is 14.8 Å². The standard InChI is InChI=1S/C17H21IN6OP2S.C8H14N2O2.C3H8.Tl/c1-10(8-19-3)25-17-16(11(2)21-23(17)4)14-7-12-13(5-6-28-26)22-24(27-18)15(12)9-20-14;1-4-12-8(9)6(2)7(5-11)10-3;1-3-2;/h7,9-10,19,27H,8,26H2,1-4H3;5H,4,9H2,1-3H3;3H2,1-2H3;/b;8-6+,10-7?;;. The van der Waals surface area contributed by atoms with Gasteiger partial charge in [0.25, 0.3) is 0 Å². The third-order valence-electron chi connectivity index (χ3n) is 5.51. The van der Waals surface area contributed by atoms with Crippen molar-refractivity contribution in [1.82, 2.24) is 29.6 Å². The molecule has 0 amide bonds. The monoisotopic (exact) mass is 965 g/mol. The van der Waals surface area contributed by atoms with Crippen molar-refractivity contribution >= 4 is 98.4 Å². The summed E-state index contributed by atoms with van der Waals surface area (Å²) in [5.74, 6) is 4.09. The molecule has 3 unspecified atom stereocenters. The van der Waals surface area contributed by atoms with Crippen LogP contribution in [0.4, 0.5) is 0 Å². The molecule has 0 saturated heterocycles. The summed E-state index contributed by atoms with van der Waals surface area (Å²) in [7, 11) is 7.87. The average molecular weight is 965 g/mol. The van der Waals surface area contributed by atoms with Crippen molar-refractivity contribution in [3.8, 4) is 28.3 Å². The first-order valence-corrected chi connectivity index (χ1v) is 19.9. The zero-order valence-corrected chi connectivity index (χ0v) is 36.5. The van der Waals surface area contributed by atoms with Crippen LogP contribution in [-0.2, 0) is 16.6 Å². The molecular formula is C28H43IN8O3P2STl. The first-order chi connectivity index (χ1) is 20.6. The minimum absolute atomic E-state index is 0. The minimum atomic E-state index is 0. The number of aliphatic imine (C=N–C) groups is 1. The van der Waals surface area contributed by atoms with E-state index in [-0.39, 0.29) is 39.3 Å². The Bertz CT molecular complexity index is 1470. The Balaban J connectivity index is 0.000000975. The van der Waals surface area contributed by atoms with E-state index in [1.807, 2.05) is 51.6 Å². The Kier molecular flexibility index (Phi) is 22.4. The molecular weight excluding hydrogens is 922 g/mol. The number of nitrogens with two attached hydrogens (primary N) is 1. The summed E-state index contributed by atoms with van der Waals surface area (Å²) in [5.41, 5.74) is 10.7. The first kappa shape index (κ1) is 42.7. The molecule has 1 radical (unpaired) electrons. The number of nitrogens with zero attached hydrogens (tertiary/aromatic N) is 6. The maximum absolute atomic E-state index is 10.4. The van der Waals surface area contributed by atoms with Crippen molar-refractivity contribution in [3.05, 3.63) is 35.1 Å². The Labute approximate surface area is 302 Å². The number of aryl methyl sites for hydroxylation is 2. The van der Waals surface area contributed by atoms with E-state index < -0.39 is 0 Å². The number of aldehydes is 1. The van der Waals surface area contributed by atoms with E-state index >= 15 is 0 Å². The Morgan fingerprint density at radius 3 is 2.55 bits per heavy atom. The normalized spacial score (nSPS) is 12.1. The zero-order valence-electron chi connectivity index (χ0n) is 26.9. The quantitative estimate of drug-likeness (QED) is 0.0531. The van der Waals surface area contributed by atoms with Crippen LogP contribution in [0.3, 0.4) is 0 Å². The minimum Gasteiger partial charge on any atom is -0.479 e. The number of hydrogen-bond donors (Lipinski definition) is 2. The molecule has 3 heterocycles. The predicted molar refractivity (Wildman–Crippen MR) is 200 cm³/mol. The number of aromatic nitrogens is 5. The molecule has 16 heteroatoms. The van der Waals surface area contributed by atoms with Gasteiger partial charge in [0.15, 0.2) is 12.2 Å². The van der Waals surface area contributed by atoms with Crippen LogP contribution in [0.5, 0.6) is 5.88 Å². The predicted octanol–water partition coefficient (Wildman–Crippen LogP) is 5.27. The molecule has 0 aromatic carbocycles. The molecule has 44 heavy (non-hydrogen) atoms. The fourth-order valence-electron chi connectivity index (χ4n) is 3.67. The van der Waals surface area contributed by atoms with E-state index in [0.717, 1.165) is 40.1 Å². The van der Waals surface area contributed by atoms with Crippen LogP contribution in [0.15, 0.2) is 28.7 Å². The number of carbonyl (C=O) groups excluding carboxylic acids is 1. The van der Waals surface area contributed by atoms with Gasteiger partial charge in [0.05, 0.1) is 41.6 Å². The van der Waals surface area contributed by atoms with Crippen molar-refractivity contribution in [2.75, 3.05) is 27.2 Å². The third kappa shape index (κ3) is 12.5. The summed E-state index contributed by atoms with van der Waals surface area (Å²) in [6.07, 6.45) is 4.24.